The van der Waals surface area contributed by atoms with Gasteiger partial charge in [0.25, 0.3) is 0 Å². The predicted molar refractivity (Wildman–Crippen MR) is 150 cm³/mol. The number of likely N-dealkylation sites (tertiary alicyclic amines) is 1. The van der Waals surface area contributed by atoms with Gasteiger partial charge in [0.2, 0.25) is 5.91 Å². The molecule has 40 heavy (non-hydrogen) atoms. The summed E-state index contributed by atoms with van der Waals surface area (Å²) in [5.41, 5.74) is 10.1. The monoisotopic (exact) mass is 537 g/mol. The zero-order valence-electron chi connectivity index (χ0n) is 21.7. The highest BCUT2D eigenvalue weighted by Crippen LogP contribution is 2.37. The van der Waals surface area contributed by atoms with Gasteiger partial charge in [-0.3, -0.25) is 14.3 Å². The number of rotatable bonds is 6. The normalized spacial score (nSPS) is 14.6. The first-order valence-electron chi connectivity index (χ1n) is 13.1. The number of primary amides is 1. The molecule has 5 aromatic rings. The van der Waals surface area contributed by atoms with Crippen LogP contribution in [0.25, 0.3) is 39.1 Å². The van der Waals surface area contributed by atoms with Crippen LogP contribution in [-0.4, -0.2) is 54.7 Å². The fourth-order valence-corrected chi connectivity index (χ4v) is 5.33. The molecule has 1 fully saturated rings. The highest BCUT2D eigenvalue weighted by Gasteiger charge is 2.21. The average molecular weight is 538 g/mol. The summed E-state index contributed by atoms with van der Waals surface area (Å²) < 4.78 is 17.3. The minimum Gasteiger partial charge on any atom is -0.504 e. The van der Waals surface area contributed by atoms with Crippen molar-refractivity contribution in [3.8, 4) is 33.8 Å². The largest absolute Gasteiger partial charge is 0.504 e. The number of aliphatic hydroxyl groups is 1. The molecule has 0 spiro atoms. The van der Waals surface area contributed by atoms with Crippen LogP contribution in [0.2, 0.25) is 0 Å². The molecular weight excluding hydrogens is 509 g/mol. The number of hydrogen-bond acceptors (Lipinski definition) is 6. The second-order valence-corrected chi connectivity index (χ2v) is 10.1. The van der Waals surface area contributed by atoms with Crippen molar-refractivity contribution in [3.05, 3.63) is 96.2 Å². The molecule has 202 valence electrons. The third-order valence-electron chi connectivity index (χ3n) is 7.47. The van der Waals surface area contributed by atoms with Crippen molar-refractivity contribution in [2.75, 3.05) is 13.1 Å². The summed E-state index contributed by atoms with van der Waals surface area (Å²) in [5, 5.41) is 21.1. The van der Waals surface area contributed by atoms with Crippen LogP contribution in [0.1, 0.15) is 28.8 Å². The minimum absolute atomic E-state index is 0.0875. The van der Waals surface area contributed by atoms with Crippen LogP contribution < -0.4 is 5.73 Å². The first-order valence-corrected chi connectivity index (χ1v) is 13.1. The molecule has 0 unspecified atom stereocenters. The van der Waals surface area contributed by atoms with Crippen molar-refractivity contribution in [1.29, 1.82) is 0 Å². The Kier molecular flexibility index (Phi) is 6.75. The average Bonchev–Trinajstić information content (AvgIpc) is 3.40. The van der Waals surface area contributed by atoms with Gasteiger partial charge in [-0.15, -0.1) is 0 Å². The fraction of sp³-hybridized carbons (Fsp3) is 0.194. The summed E-state index contributed by atoms with van der Waals surface area (Å²) in [6, 6.07) is 19.5. The summed E-state index contributed by atoms with van der Waals surface area (Å²) in [5.74, 6) is -1.31. The van der Waals surface area contributed by atoms with Crippen LogP contribution in [0.5, 0.6) is 5.75 Å². The number of pyridine rings is 1. The van der Waals surface area contributed by atoms with E-state index in [-0.39, 0.29) is 23.1 Å². The quantitative estimate of drug-likeness (QED) is 0.290. The lowest BCUT2D eigenvalue weighted by atomic mass is 9.96. The Morgan fingerprint density at radius 1 is 1.00 bits per heavy atom. The molecule has 8 nitrogen and oxygen atoms in total. The molecule has 0 atom stereocenters. The van der Waals surface area contributed by atoms with Gasteiger partial charge in [0.15, 0.2) is 5.75 Å². The number of fused-ring (bicyclic) bond motifs is 1. The maximum atomic E-state index is 15.7. The number of nitrogens with zero attached hydrogens (tertiary/aromatic N) is 4. The predicted octanol–water partition coefficient (Wildman–Crippen LogP) is 4.65. The van der Waals surface area contributed by atoms with Gasteiger partial charge >= 0.3 is 0 Å². The second kappa shape index (κ2) is 10.5. The number of amides is 1. The summed E-state index contributed by atoms with van der Waals surface area (Å²) in [6.45, 7) is 2.35. The van der Waals surface area contributed by atoms with E-state index >= 15 is 4.39 Å². The van der Waals surface area contributed by atoms with E-state index in [0.717, 1.165) is 42.6 Å². The number of carbonyl (C=O) groups excluding carboxylic acids is 1. The van der Waals surface area contributed by atoms with E-state index in [2.05, 4.69) is 14.9 Å². The second-order valence-electron chi connectivity index (χ2n) is 10.1. The van der Waals surface area contributed by atoms with Crippen LogP contribution in [-0.2, 0) is 6.54 Å². The SMILES string of the molecule is NC(=O)c1cccc(-n2cnc3cnc(-c4ccc(-c5ccccc5CN5CCC(O)CC5)cc4F)c(O)c32)c1. The summed E-state index contributed by atoms with van der Waals surface area (Å²) in [4.78, 5) is 22.6. The van der Waals surface area contributed by atoms with Gasteiger partial charge in [0.1, 0.15) is 28.9 Å². The van der Waals surface area contributed by atoms with Crippen LogP contribution >= 0.6 is 0 Å². The summed E-state index contributed by atoms with van der Waals surface area (Å²) in [6.07, 6.45) is 4.26. The lowest BCUT2D eigenvalue weighted by molar-refractivity contribution is 0.0793. The highest BCUT2D eigenvalue weighted by molar-refractivity contribution is 5.94. The van der Waals surface area contributed by atoms with Crippen molar-refractivity contribution in [1.82, 2.24) is 19.4 Å². The van der Waals surface area contributed by atoms with Crippen molar-refractivity contribution in [3.63, 3.8) is 0 Å². The Hall–Kier alpha value is -4.60. The number of aromatic hydroxyl groups is 1. The Balaban J connectivity index is 1.36. The Morgan fingerprint density at radius 2 is 1.80 bits per heavy atom. The molecule has 0 saturated carbocycles. The number of piperidine rings is 1. The molecule has 1 amide bonds. The summed E-state index contributed by atoms with van der Waals surface area (Å²) >= 11 is 0. The maximum Gasteiger partial charge on any atom is 0.248 e. The van der Waals surface area contributed by atoms with Crippen molar-refractivity contribution >= 4 is 16.9 Å². The van der Waals surface area contributed by atoms with E-state index in [4.69, 9.17) is 5.73 Å². The minimum atomic E-state index is -0.573. The Bertz CT molecular complexity index is 1730. The van der Waals surface area contributed by atoms with Gasteiger partial charge < -0.3 is 15.9 Å². The molecule has 0 radical (unpaired) electrons. The molecule has 1 saturated heterocycles. The Labute approximate surface area is 230 Å². The molecule has 3 aromatic carbocycles. The first-order chi connectivity index (χ1) is 19.4. The van der Waals surface area contributed by atoms with Gasteiger partial charge in [0, 0.05) is 36.4 Å². The third kappa shape index (κ3) is 4.81. The zero-order valence-corrected chi connectivity index (χ0v) is 21.7. The molecular formula is C31H28FN5O3. The number of hydrogen-bond donors (Lipinski definition) is 3. The number of imidazole rings is 1. The lowest BCUT2D eigenvalue weighted by Gasteiger charge is -2.30. The topological polar surface area (TPSA) is 118 Å². The van der Waals surface area contributed by atoms with E-state index in [1.54, 1.807) is 34.9 Å². The maximum absolute atomic E-state index is 15.7. The fourth-order valence-electron chi connectivity index (χ4n) is 5.33. The highest BCUT2D eigenvalue weighted by atomic mass is 19.1. The van der Waals surface area contributed by atoms with Gasteiger partial charge in [-0.25, -0.2) is 14.4 Å². The zero-order chi connectivity index (χ0) is 27.8. The van der Waals surface area contributed by atoms with Gasteiger partial charge in [0.05, 0.1) is 12.3 Å². The summed E-state index contributed by atoms with van der Waals surface area (Å²) in [7, 11) is 0. The van der Waals surface area contributed by atoms with Crippen LogP contribution in [0, 0.1) is 5.82 Å². The number of nitrogens with two attached hydrogens (primary N) is 1. The molecule has 3 heterocycles. The Morgan fingerprint density at radius 3 is 2.58 bits per heavy atom. The number of aliphatic hydroxyl groups excluding tert-OH is 1. The number of carbonyl (C=O) groups is 1. The van der Waals surface area contributed by atoms with E-state index in [0.29, 0.717) is 28.8 Å². The van der Waals surface area contributed by atoms with Crippen molar-refractivity contribution in [2.45, 2.75) is 25.5 Å². The molecule has 1 aliphatic rings. The molecule has 0 bridgehead atoms. The van der Waals surface area contributed by atoms with Gasteiger partial charge in [-0.05, 0) is 59.9 Å². The van der Waals surface area contributed by atoms with E-state index in [1.165, 1.54) is 18.6 Å². The standard InChI is InChI=1S/C31H28FN5O3/c32-26-15-19(24-7-2-1-4-21(24)17-36-12-10-23(38)11-13-36)8-9-25(26)28-30(39)29-27(16-34-28)35-18-37(29)22-6-3-5-20(14-22)31(33)40/h1-9,14-16,18,23,38-39H,10-13,17H2,(H2,33,40). The number of benzene rings is 3. The van der Waals surface area contributed by atoms with E-state index in [9.17, 15) is 15.0 Å². The van der Waals surface area contributed by atoms with Crippen LogP contribution in [0.4, 0.5) is 4.39 Å². The molecule has 0 aliphatic carbocycles. The third-order valence-corrected chi connectivity index (χ3v) is 7.47. The van der Waals surface area contributed by atoms with Gasteiger partial charge in [-0.2, -0.15) is 0 Å². The molecule has 1 aliphatic heterocycles. The van der Waals surface area contributed by atoms with Crippen molar-refractivity contribution in [2.24, 2.45) is 5.73 Å². The van der Waals surface area contributed by atoms with Crippen LogP contribution in [0.3, 0.4) is 0 Å². The van der Waals surface area contributed by atoms with Crippen molar-refractivity contribution < 1.29 is 19.4 Å². The number of halogens is 1. The van der Waals surface area contributed by atoms with E-state index in [1.807, 2.05) is 30.3 Å². The van der Waals surface area contributed by atoms with Gasteiger partial charge in [-0.1, -0.05) is 36.4 Å². The lowest BCUT2D eigenvalue weighted by Crippen LogP contribution is -2.35. The first kappa shape index (κ1) is 25.7. The number of aromatic nitrogens is 3. The van der Waals surface area contributed by atoms with E-state index < -0.39 is 11.7 Å². The molecule has 4 N–H and O–H groups in total. The molecule has 2 aromatic heterocycles. The van der Waals surface area contributed by atoms with Crippen LogP contribution in [0.15, 0.2) is 79.3 Å². The molecule has 6 rings (SSSR count). The molecule has 9 heteroatoms. The smallest absolute Gasteiger partial charge is 0.248 e.